The Balaban J connectivity index is 1.74. The quantitative estimate of drug-likeness (QED) is 0.802. The van der Waals surface area contributed by atoms with E-state index in [9.17, 15) is 9.59 Å². The SMILES string of the molecule is Cc1ccccc1NC(=O)Cn1cnc(-c2cccs2)cc1=O. The molecule has 6 heteroatoms. The number of benzene rings is 1. The Labute approximate surface area is 137 Å². The predicted octanol–water partition coefficient (Wildman–Crippen LogP) is 2.92. The number of carbonyl (C=O) groups excluding carboxylic acids is 1. The zero-order valence-corrected chi connectivity index (χ0v) is 13.3. The monoisotopic (exact) mass is 325 g/mol. The summed E-state index contributed by atoms with van der Waals surface area (Å²) in [5.74, 6) is -0.257. The molecule has 1 aromatic carbocycles. The lowest BCUT2D eigenvalue weighted by atomic mass is 10.2. The van der Waals surface area contributed by atoms with Crippen molar-refractivity contribution in [2.24, 2.45) is 0 Å². The Kier molecular flexibility index (Phi) is 4.34. The van der Waals surface area contributed by atoms with Gasteiger partial charge in [0.25, 0.3) is 5.56 Å². The van der Waals surface area contributed by atoms with Gasteiger partial charge in [0.2, 0.25) is 5.91 Å². The highest BCUT2D eigenvalue weighted by molar-refractivity contribution is 7.13. The summed E-state index contributed by atoms with van der Waals surface area (Å²) < 4.78 is 1.30. The van der Waals surface area contributed by atoms with Gasteiger partial charge in [-0.25, -0.2) is 4.98 Å². The molecule has 5 nitrogen and oxygen atoms in total. The van der Waals surface area contributed by atoms with E-state index in [1.165, 1.54) is 28.3 Å². The van der Waals surface area contributed by atoms with E-state index in [1.807, 2.05) is 48.7 Å². The third-order valence-corrected chi connectivity index (χ3v) is 4.28. The molecule has 0 spiro atoms. The second-order valence-electron chi connectivity index (χ2n) is 5.08. The first kappa shape index (κ1) is 15.2. The number of rotatable bonds is 4. The summed E-state index contributed by atoms with van der Waals surface area (Å²) >= 11 is 1.52. The number of anilines is 1. The number of amides is 1. The highest BCUT2D eigenvalue weighted by atomic mass is 32.1. The van der Waals surface area contributed by atoms with Crippen molar-refractivity contribution in [1.29, 1.82) is 0 Å². The molecule has 23 heavy (non-hydrogen) atoms. The van der Waals surface area contributed by atoms with Crippen LogP contribution in [0.25, 0.3) is 10.6 Å². The number of thiophene rings is 1. The van der Waals surface area contributed by atoms with E-state index in [2.05, 4.69) is 10.3 Å². The lowest BCUT2D eigenvalue weighted by Gasteiger charge is -2.09. The van der Waals surface area contributed by atoms with Crippen LogP contribution in [0.4, 0.5) is 5.69 Å². The zero-order valence-electron chi connectivity index (χ0n) is 12.5. The molecule has 1 N–H and O–H groups in total. The Hall–Kier alpha value is -2.73. The zero-order chi connectivity index (χ0) is 16.2. The van der Waals surface area contributed by atoms with Crippen molar-refractivity contribution >= 4 is 22.9 Å². The number of aromatic nitrogens is 2. The molecule has 0 bridgehead atoms. The Morgan fingerprint density at radius 3 is 2.78 bits per heavy atom. The molecular formula is C17H15N3O2S. The van der Waals surface area contributed by atoms with Crippen LogP contribution in [0.2, 0.25) is 0 Å². The van der Waals surface area contributed by atoms with E-state index < -0.39 is 0 Å². The molecule has 0 saturated heterocycles. The maximum absolute atomic E-state index is 12.1. The normalized spacial score (nSPS) is 10.5. The number of nitrogens with zero attached hydrogens (tertiary/aromatic N) is 2. The minimum atomic E-state index is -0.257. The summed E-state index contributed by atoms with van der Waals surface area (Å²) in [6, 6.07) is 12.8. The van der Waals surface area contributed by atoms with Gasteiger partial charge in [0.1, 0.15) is 6.54 Å². The number of hydrogen-bond acceptors (Lipinski definition) is 4. The first-order chi connectivity index (χ1) is 11.1. The third-order valence-electron chi connectivity index (χ3n) is 3.39. The Morgan fingerprint density at radius 2 is 2.09 bits per heavy atom. The standard InChI is InChI=1S/C17H15N3O2S/c1-12-5-2-3-6-13(12)19-16(21)10-20-11-18-14(9-17(20)22)15-7-4-8-23-15/h2-9,11H,10H2,1H3,(H,19,21). The Bertz CT molecular complexity index is 885. The van der Waals surface area contributed by atoms with Gasteiger partial charge in [-0.15, -0.1) is 11.3 Å². The molecule has 3 rings (SSSR count). The van der Waals surface area contributed by atoms with Crippen molar-refractivity contribution in [2.75, 3.05) is 5.32 Å². The van der Waals surface area contributed by atoms with Crippen LogP contribution in [0, 0.1) is 6.92 Å². The number of nitrogens with one attached hydrogen (secondary N) is 1. The molecule has 116 valence electrons. The van der Waals surface area contributed by atoms with Crippen LogP contribution in [0.5, 0.6) is 0 Å². The fourth-order valence-corrected chi connectivity index (χ4v) is 2.85. The summed E-state index contributed by atoms with van der Waals surface area (Å²) in [6.45, 7) is 1.85. The van der Waals surface area contributed by atoms with Crippen LogP contribution >= 0.6 is 11.3 Å². The molecule has 0 aliphatic heterocycles. The van der Waals surface area contributed by atoms with Crippen LogP contribution < -0.4 is 10.9 Å². The van der Waals surface area contributed by atoms with Gasteiger partial charge in [0.15, 0.2) is 0 Å². The van der Waals surface area contributed by atoms with Crippen LogP contribution in [0.1, 0.15) is 5.56 Å². The van der Waals surface area contributed by atoms with E-state index in [0.717, 1.165) is 16.1 Å². The second-order valence-corrected chi connectivity index (χ2v) is 6.03. The molecule has 0 unspecified atom stereocenters. The van der Waals surface area contributed by atoms with Gasteiger partial charge in [-0.2, -0.15) is 0 Å². The van der Waals surface area contributed by atoms with Crippen molar-refractivity contribution in [2.45, 2.75) is 13.5 Å². The smallest absolute Gasteiger partial charge is 0.254 e. The maximum atomic E-state index is 12.1. The van der Waals surface area contributed by atoms with Gasteiger partial charge in [0.05, 0.1) is 16.9 Å². The molecule has 2 aromatic heterocycles. The second kappa shape index (κ2) is 6.58. The molecule has 0 fully saturated rings. The fraction of sp³-hybridized carbons (Fsp3) is 0.118. The lowest BCUT2D eigenvalue weighted by Crippen LogP contribution is -2.27. The van der Waals surface area contributed by atoms with E-state index in [0.29, 0.717) is 5.69 Å². The molecule has 0 radical (unpaired) electrons. The summed E-state index contributed by atoms with van der Waals surface area (Å²) in [5.41, 5.74) is 2.09. The minimum absolute atomic E-state index is 0.0646. The van der Waals surface area contributed by atoms with Crippen molar-refractivity contribution < 1.29 is 4.79 Å². The summed E-state index contributed by atoms with van der Waals surface area (Å²) in [7, 11) is 0. The molecule has 0 aliphatic rings. The number of aryl methyl sites for hydroxylation is 1. The van der Waals surface area contributed by atoms with Crippen molar-refractivity contribution in [3.63, 3.8) is 0 Å². The summed E-state index contributed by atoms with van der Waals surface area (Å²) in [6.07, 6.45) is 1.41. The van der Waals surface area contributed by atoms with Crippen molar-refractivity contribution in [1.82, 2.24) is 9.55 Å². The molecular weight excluding hydrogens is 310 g/mol. The largest absolute Gasteiger partial charge is 0.324 e. The fourth-order valence-electron chi connectivity index (χ4n) is 2.16. The van der Waals surface area contributed by atoms with Gasteiger partial charge in [0, 0.05) is 11.8 Å². The van der Waals surface area contributed by atoms with E-state index in [-0.39, 0.29) is 18.0 Å². The molecule has 0 saturated carbocycles. The molecule has 2 heterocycles. The third kappa shape index (κ3) is 3.54. The minimum Gasteiger partial charge on any atom is -0.324 e. The maximum Gasteiger partial charge on any atom is 0.254 e. The highest BCUT2D eigenvalue weighted by Crippen LogP contribution is 2.20. The van der Waals surface area contributed by atoms with Crippen LogP contribution in [-0.4, -0.2) is 15.5 Å². The first-order valence-corrected chi connectivity index (χ1v) is 7.97. The molecule has 0 aliphatic carbocycles. The van der Waals surface area contributed by atoms with Crippen LogP contribution in [-0.2, 0) is 11.3 Å². The highest BCUT2D eigenvalue weighted by Gasteiger charge is 2.08. The average molecular weight is 325 g/mol. The molecule has 3 aromatic rings. The van der Waals surface area contributed by atoms with Gasteiger partial charge in [-0.1, -0.05) is 24.3 Å². The average Bonchev–Trinajstić information content (AvgIpc) is 3.06. The number of hydrogen-bond donors (Lipinski definition) is 1. The predicted molar refractivity (Wildman–Crippen MR) is 91.6 cm³/mol. The van der Waals surface area contributed by atoms with Gasteiger partial charge in [-0.3, -0.25) is 14.2 Å². The lowest BCUT2D eigenvalue weighted by molar-refractivity contribution is -0.116. The first-order valence-electron chi connectivity index (χ1n) is 7.09. The van der Waals surface area contributed by atoms with E-state index in [4.69, 9.17) is 0 Å². The number of para-hydroxylation sites is 1. The van der Waals surface area contributed by atoms with Gasteiger partial charge in [-0.05, 0) is 30.0 Å². The number of carbonyl (C=O) groups is 1. The van der Waals surface area contributed by atoms with Crippen molar-refractivity contribution in [3.05, 3.63) is 70.1 Å². The van der Waals surface area contributed by atoms with E-state index in [1.54, 1.807) is 0 Å². The van der Waals surface area contributed by atoms with Crippen LogP contribution in [0.3, 0.4) is 0 Å². The topological polar surface area (TPSA) is 64.0 Å². The van der Waals surface area contributed by atoms with Crippen LogP contribution in [0.15, 0.2) is 59.0 Å². The summed E-state index contributed by atoms with van der Waals surface area (Å²) in [4.78, 5) is 29.4. The van der Waals surface area contributed by atoms with Crippen molar-refractivity contribution in [3.8, 4) is 10.6 Å². The summed E-state index contributed by atoms with van der Waals surface area (Å²) in [5, 5.41) is 4.73. The Morgan fingerprint density at radius 1 is 1.26 bits per heavy atom. The van der Waals surface area contributed by atoms with E-state index >= 15 is 0 Å². The van der Waals surface area contributed by atoms with Gasteiger partial charge < -0.3 is 5.32 Å². The molecule has 0 atom stereocenters. The molecule has 1 amide bonds. The van der Waals surface area contributed by atoms with Gasteiger partial charge >= 0.3 is 0 Å².